The van der Waals surface area contributed by atoms with Crippen molar-refractivity contribution in [1.29, 1.82) is 0 Å². The van der Waals surface area contributed by atoms with Crippen molar-refractivity contribution in [2.45, 2.75) is 6.42 Å². The first kappa shape index (κ1) is 19.0. The third kappa shape index (κ3) is 4.02. The van der Waals surface area contributed by atoms with Crippen molar-refractivity contribution in [3.05, 3.63) is 72.8 Å². The van der Waals surface area contributed by atoms with Crippen molar-refractivity contribution >= 4 is 34.2 Å². The highest BCUT2D eigenvalue weighted by molar-refractivity contribution is 5.77. The Morgan fingerprint density at radius 1 is 0.742 bits per heavy atom. The molecular formula is C24H21N3O4. The lowest BCUT2D eigenvalue weighted by atomic mass is 10.3. The number of para-hydroxylation sites is 4. The molecule has 0 amide bonds. The number of hydrogen-bond acceptors (Lipinski definition) is 7. The molecule has 0 aliphatic rings. The Hall–Kier alpha value is -4.00. The number of hydrogen-bond donors (Lipinski definition) is 0. The van der Waals surface area contributed by atoms with Crippen LogP contribution in [-0.2, 0) is 0 Å². The highest BCUT2D eigenvalue weighted by Gasteiger charge is 2.21. The number of anilines is 2. The molecule has 0 radical (unpaired) electrons. The zero-order valence-electron chi connectivity index (χ0n) is 17.0. The van der Waals surface area contributed by atoms with E-state index in [1.807, 2.05) is 77.7 Å². The van der Waals surface area contributed by atoms with Crippen LogP contribution in [0, 0.1) is 0 Å². The monoisotopic (exact) mass is 415 g/mol. The number of rotatable bonds is 8. The van der Waals surface area contributed by atoms with E-state index in [0.717, 1.165) is 22.5 Å². The SMILES string of the molecule is COc1ccc(OCCCN(c2nc3ccccc3o2)c2nc3ccccc3o2)cc1. The Morgan fingerprint density at radius 2 is 1.29 bits per heavy atom. The summed E-state index contributed by atoms with van der Waals surface area (Å²) in [4.78, 5) is 11.1. The molecule has 0 saturated heterocycles. The lowest BCUT2D eigenvalue weighted by molar-refractivity contribution is 0.311. The van der Waals surface area contributed by atoms with Crippen molar-refractivity contribution in [1.82, 2.24) is 9.97 Å². The van der Waals surface area contributed by atoms with Gasteiger partial charge in [-0.25, -0.2) is 4.90 Å². The van der Waals surface area contributed by atoms with Gasteiger partial charge < -0.3 is 18.3 Å². The van der Waals surface area contributed by atoms with Crippen molar-refractivity contribution in [2.24, 2.45) is 0 Å². The van der Waals surface area contributed by atoms with Crippen LogP contribution in [0.25, 0.3) is 22.2 Å². The van der Waals surface area contributed by atoms with Crippen LogP contribution in [0.2, 0.25) is 0 Å². The lowest BCUT2D eigenvalue weighted by Crippen LogP contribution is -2.21. The van der Waals surface area contributed by atoms with E-state index < -0.39 is 0 Å². The highest BCUT2D eigenvalue weighted by atomic mass is 16.5. The molecule has 31 heavy (non-hydrogen) atoms. The quantitative estimate of drug-likeness (QED) is 0.306. The van der Waals surface area contributed by atoms with E-state index >= 15 is 0 Å². The Balaban J connectivity index is 1.35. The topological polar surface area (TPSA) is 73.8 Å². The summed E-state index contributed by atoms with van der Waals surface area (Å²) in [6, 6.07) is 23.7. The summed E-state index contributed by atoms with van der Waals surface area (Å²) < 4.78 is 23.0. The van der Waals surface area contributed by atoms with E-state index in [1.54, 1.807) is 7.11 Å². The predicted molar refractivity (Wildman–Crippen MR) is 118 cm³/mol. The zero-order valence-corrected chi connectivity index (χ0v) is 17.0. The first-order valence-electron chi connectivity index (χ1n) is 10.1. The summed E-state index contributed by atoms with van der Waals surface area (Å²) in [5.74, 6) is 1.58. The third-order valence-corrected chi connectivity index (χ3v) is 4.88. The molecule has 3 aromatic carbocycles. The maximum atomic E-state index is 5.98. The van der Waals surface area contributed by atoms with Crippen LogP contribution in [-0.4, -0.2) is 30.2 Å². The van der Waals surface area contributed by atoms with Crippen LogP contribution in [0.5, 0.6) is 11.5 Å². The fraction of sp³-hybridized carbons (Fsp3) is 0.167. The second-order valence-electron chi connectivity index (χ2n) is 6.96. The average molecular weight is 415 g/mol. The zero-order chi connectivity index (χ0) is 21.0. The van der Waals surface area contributed by atoms with Gasteiger partial charge in [0.05, 0.1) is 13.7 Å². The standard InChI is InChI=1S/C24H21N3O4/c1-28-17-11-13-18(14-12-17)29-16-6-15-27(23-25-19-7-2-4-9-21(19)30-23)24-26-20-8-3-5-10-22(20)31-24/h2-5,7-14H,6,15-16H2,1H3. The number of nitrogens with zero attached hydrogens (tertiary/aromatic N) is 3. The fourth-order valence-corrected chi connectivity index (χ4v) is 3.31. The van der Waals surface area contributed by atoms with Gasteiger partial charge in [0.2, 0.25) is 0 Å². The molecule has 7 heteroatoms. The van der Waals surface area contributed by atoms with Gasteiger partial charge in [-0.2, -0.15) is 9.97 Å². The van der Waals surface area contributed by atoms with Crippen molar-refractivity contribution in [3.8, 4) is 11.5 Å². The van der Waals surface area contributed by atoms with Gasteiger partial charge in [-0.1, -0.05) is 24.3 Å². The molecule has 156 valence electrons. The Morgan fingerprint density at radius 3 is 1.84 bits per heavy atom. The molecule has 0 bridgehead atoms. The summed E-state index contributed by atoms with van der Waals surface area (Å²) in [6.07, 6.45) is 0.712. The van der Waals surface area contributed by atoms with E-state index in [1.165, 1.54) is 0 Å². The van der Waals surface area contributed by atoms with Gasteiger partial charge in [0.25, 0.3) is 0 Å². The van der Waals surface area contributed by atoms with Gasteiger partial charge in [0.15, 0.2) is 11.2 Å². The Labute approximate surface area is 178 Å². The maximum absolute atomic E-state index is 5.98. The number of ether oxygens (including phenoxy) is 2. The first-order valence-corrected chi connectivity index (χ1v) is 10.1. The minimum Gasteiger partial charge on any atom is -0.497 e. The van der Waals surface area contributed by atoms with E-state index in [2.05, 4.69) is 9.97 Å². The minimum atomic E-state index is 0.442. The second-order valence-corrected chi connectivity index (χ2v) is 6.96. The molecule has 0 fully saturated rings. The van der Waals surface area contributed by atoms with Crippen LogP contribution >= 0.6 is 0 Å². The van der Waals surface area contributed by atoms with Crippen molar-refractivity contribution in [2.75, 3.05) is 25.2 Å². The minimum absolute atomic E-state index is 0.442. The maximum Gasteiger partial charge on any atom is 0.306 e. The molecule has 0 aliphatic heterocycles. The van der Waals surface area contributed by atoms with Crippen molar-refractivity contribution in [3.63, 3.8) is 0 Å². The smallest absolute Gasteiger partial charge is 0.306 e. The van der Waals surface area contributed by atoms with Crippen molar-refractivity contribution < 1.29 is 18.3 Å². The number of aromatic nitrogens is 2. The van der Waals surface area contributed by atoms with Crippen LogP contribution in [0.4, 0.5) is 12.0 Å². The van der Waals surface area contributed by atoms with E-state index in [-0.39, 0.29) is 0 Å². The third-order valence-electron chi connectivity index (χ3n) is 4.88. The Bertz CT molecular complexity index is 1150. The molecule has 0 saturated carbocycles. The molecular weight excluding hydrogens is 394 g/mol. The predicted octanol–water partition coefficient (Wildman–Crippen LogP) is 5.58. The van der Waals surface area contributed by atoms with Gasteiger partial charge >= 0.3 is 12.0 Å². The molecule has 7 nitrogen and oxygen atoms in total. The molecule has 5 aromatic rings. The molecule has 2 heterocycles. The molecule has 0 N–H and O–H groups in total. The van der Waals surface area contributed by atoms with Gasteiger partial charge in [0, 0.05) is 6.54 Å². The summed E-state index contributed by atoms with van der Waals surface area (Å²) in [5.41, 5.74) is 3.00. The average Bonchev–Trinajstić information content (AvgIpc) is 3.43. The van der Waals surface area contributed by atoms with E-state index in [0.29, 0.717) is 42.8 Å². The van der Waals surface area contributed by atoms with Crippen LogP contribution in [0.3, 0.4) is 0 Å². The number of oxazole rings is 2. The largest absolute Gasteiger partial charge is 0.497 e. The summed E-state index contributed by atoms with van der Waals surface area (Å²) >= 11 is 0. The molecule has 0 spiro atoms. The number of methoxy groups -OCH3 is 1. The van der Waals surface area contributed by atoms with Gasteiger partial charge in [0.1, 0.15) is 22.5 Å². The normalized spacial score (nSPS) is 11.1. The number of benzene rings is 3. The Kier molecular flexibility index (Phi) is 5.14. The summed E-state index contributed by atoms with van der Waals surface area (Å²) in [6.45, 7) is 1.08. The molecule has 0 unspecified atom stereocenters. The lowest BCUT2D eigenvalue weighted by Gasteiger charge is -2.16. The molecule has 2 aromatic heterocycles. The van der Waals surface area contributed by atoms with Gasteiger partial charge in [-0.3, -0.25) is 0 Å². The number of fused-ring (bicyclic) bond motifs is 2. The van der Waals surface area contributed by atoms with Crippen LogP contribution in [0.15, 0.2) is 81.6 Å². The fourth-order valence-electron chi connectivity index (χ4n) is 3.31. The molecule has 0 atom stereocenters. The molecule has 0 aliphatic carbocycles. The second kappa shape index (κ2) is 8.39. The highest BCUT2D eigenvalue weighted by Crippen LogP contribution is 2.30. The van der Waals surface area contributed by atoms with E-state index in [4.69, 9.17) is 18.3 Å². The van der Waals surface area contributed by atoms with Gasteiger partial charge in [-0.15, -0.1) is 0 Å². The van der Waals surface area contributed by atoms with E-state index in [9.17, 15) is 0 Å². The molecule has 5 rings (SSSR count). The summed E-state index contributed by atoms with van der Waals surface area (Å²) in [7, 11) is 1.64. The van der Waals surface area contributed by atoms with Crippen LogP contribution < -0.4 is 14.4 Å². The van der Waals surface area contributed by atoms with Crippen LogP contribution in [0.1, 0.15) is 6.42 Å². The first-order chi connectivity index (χ1) is 15.3. The summed E-state index contributed by atoms with van der Waals surface area (Å²) in [5, 5.41) is 0. The van der Waals surface area contributed by atoms with Gasteiger partial charge in [-0.05, 0) is 55.0 Å².